The highest BCUT2D eigenvalue weighted by Gasteiger charge is 2.29. The average Bonchev–Trinajstić information content (AvgIpc) is 3.20. The maximum atomic E-state index is 12.6. The van der Waals surface area contributed by atoms with E-state index in [0.29, 0.717) is 44.8 Å². The zero-order valence-electron chi connectivity index (χ0n) is 18.6. The number of ether oxygens (including phenoxy) is 1. The first kappa shape index (κ1) is 22.8. The van der Waals surface area contributed by atoms with E-state index in [1.54, 1.807) is 9.80 Å². The molecule has 3 rings (SSSR count). The maximum Gasteiger partial charge on any atom is 0.410 e. The molecule has 2 aliphatic rings. The van der Waals surface area contributed by atoms with Gasteiger partial charge in [0.2, 0.25) is 11.8 Å². The number of aromatic nitrogens is 2. The molecule has 1 aromatic heterocycles. The summed E-state index contributed by atoms with van der Waals surface area (Å²) >= 11 is 0. The van der Waals surface area contributed by atoms with Crippen LogP contribution in [0.1, 0.15) is 58.1 Å². The van der Waals surface area contributed by atoms with Gasteiger partial charge in [0.1, 0.15) is 5.60 Å². The Labute approximate surface area is 183 Å². The van der Waals surface area contributed by atoms with E-state index in [0.717, 1.165) is 18.5 Å². The third-order valence-electron chi connectivity index (χ3n) is 5.79. The highest BCUT2D eigenvalue weighted by molar-refractivity contribution is 5.92. The first-order valence-corrected chi connectivity index (χ1v) is 10.9. The molecule has 0 saturated carbocycles. The number of likely N-dealkylation sites (tertiary alicyclic amines) is 2. The molecule has 0 bridgehead atoms. The highest BCUT2D eigenvalue weighted by atomic mass is 16.6. The molecule has 2 N–H and O–H groups in total. The molecule has 2 saturated heterocycles. The number of rotatable bonds is 4. The summed E-state index contributed by atoms with van der Waals surface area (Å²) in [6.07, 6.45) is 3.92. The van der Waals surface area contributed by atoms with Crippen LogP contribution in [0.5, 0.6) is 0 Å². The number of nitrogens with zero attached hydrogens (tertiary/aromatic N) is 3. The van der Waals surface area contributed by atoms with Gasteiger partial charge in [-0.15, -0.1) is 0 Å². The number of amides is 3. The van der Waals surface area contributed by atoms with Gasteiger partial charge in [-0.3, -0.25) is 14.7 Å². The fourth-order valence-electron chi connectivity index (χ4n) is 4.03. The molecule has 2 fully saturated rings. The first-order chi connectivity index (χ1) is 14.7. The SMILES string of the molecule is C=CC(=O)N1CCC(C(=O)Nc2cc(C3CCN(C(=O)OC(C)(C)C)CC3)[nH]n2)CC1. The Kier molecular flexibility index (Phi) is 7.02. The van der Waals surface area contributed by atoms with Gasteiger partial charge in [0.15, 0.2) is 5.82 Å². The van der Waals surface area contributed by atoms with Crippen molar-refractivity contribution in [1.29, 1.82) is 0 Å². The van der Waals surface area contributed by atoms with Crippen LogP contribution in [0.2, 0.25) is 0 Å². The van der Waals surface area contributed by atoms with Crippen LogP contribution in [0.15, 0.2) is 18.7 Å². The molecule has 9 heteroatoms. The molecule has 170 valence electrons. The molecule has 2 aliphatic heterocycles. The van der Waals surface area contributed by atoms with E-state index in [9.17, 15) is 14.4 Å². The second-order valence-corrected chi connectivity index (χ2v) is 9.24. The van der Waals surface area contributed by atoms with Crippen molar-refractivity contribution in [2.75, 3.05) is 31.5 Å². The standard InChI is InChI=1S/C22H33N5O4/c1-5-19(28)26-10-8-16(9-11-26)20(29)23-18-14-17(24-25-18)15-6-12-27(13-7-15)21(30)31-22(2,3)4/h5,14-16H,1,6-13H2,2-4H3,(H2,23,24,25,29). The van der Waals surface area contributed by atoms with Crippen LogP contribution < -0.4 is 5.32 Å². The van der Waals surface area contributed by atoms with Crippen LogP contribution in [0, 0.1) is 5.92 Å². The van der Waals surface area contributed by atoms with Gasteiger partial charge < -0.3 is 19.9 Å². The Morgan fingerprint density at radius 2 is 1.74 bits per heavy atom. The van der Waals surface area contributed by atoms with Gasteiger partial charge in [0.05, 0.1) is 0 Å². The van der Waals surface area contributed by atoms with E-state index >= 15 is 0 Å². The number of aromatic amines is 1. The smallest absolute Gasteiger partial charge is 0.410 e. The van der Waals surface area contributed by atoms with Gasteiger partial charge in [-0.2, -0.15) is 5.10 Å². The summed E-state index contributed by atoms with van der Waals surface area (Å²) in [4.78, 5) is 39.9. The summed E-state index contributed by atoms with van der Waals surface area (Å²) in [5.74, 6) is 0.479. The summed E-state index contributed by atoms with van der Waals surface area (Å²) in [7, 11) is 0. The van der Waals surface area contributed by atoms with Gasteiger partial charge in [0, 0.05) is 49.8 Å². The molecule has 3 heterocycles. The molecular weight excluding hydrogens is 398 g/mol. The lowest BCUT2D eigenvalue weighted by Gasteiger charge is -2.33. The lowest BCUT2D eigenvalue weighted by atomic mass is 9.93. The Morgan fingerprint density at radius 1 is 1.13 bits per heavy atom. The Bertz CT molecular complexity index is 812. The van der Waals surface area contributed by atoms with Crippen molar-refractivity contribution >= 4 is 23.7 Å². The average molecular weight is 432 g/mol. The topological polar surface area (TPSA) is 108 Å². The van der Waals surface area contributed by atoms with Gasteiger partial charge in [-0.1, -0.05) is 6.58 Å². The number of carbonyl (C=O) groups excluding carboxylic acids is 3. The van der Waals surface area contributed by atoms with Crippen molar-refractivity contribution in [3.05, 3.63) is 24.4 Å². The molecule has 31 heavy (non-hydrogen) atoms. The van der Waals surface area contributed by atoms with Crippen molar-refractivity contribution in [2.45, 2.75) is 58.0 Å². The van der Waals surface area contributed by atoms with Crippen LogP contribution in [-0.4, -0.2) is 69.7 Å². The van der Waals surface area contributed by atoms with E-state index in [2.05, 4.69) is 22.1 Å². The molecule has 0 aromatic carbocycles. The summed E-state index contributed by atoms with van der Waals surface area (Å²) in [6, 6.07) is 1.88. The Balaban J connectivity index is 1.47. The van der Waals surface area contributed by atoms with Crippen molar-refractivity contribution < 1.29 is 19.1 Å². The van der Waals surface area contributed by atoms with Crippen LogP contribution in [-0.2, 0) is 14.3 Å². The van der Waals surface area contributed by atoms with E-state index in [1.807, 2.05) is 26.8 Å². The van der Waals surface area contributed by atoms with Crippen molar-refractivity contribution in [1.82, 2.24) is 20.0 Å². The van der Waals surface area contributed by atoms with E-state index in [4.69, 9.17) is 4.74 Å². The number of nitrogens with one attached hydrogen (secondary N) is 2. The Morgan fingerprint density at radius 3 is 2.32 bits per heavy atom. The number of H-pyrrole nitrogens is 1. The predicted octanol–water partition coefficient (Wildman–Crippen LogP) is 2.89. The molecule has 0 atom stereocenters. The first-order valence-electron chi connectivity index (χ1n) is 10.9. The lowest BCUT2D eigenvalue weighted by Crippen LogP contribution is -2.41. The second kappa shape index (κ2) is 9.53. The summed E-state index contributed by atoms with van der Waals surface area (Å²) in [6.45, 7) is 11.5. The summed E-state index contributed by atoms with van der Waals surface area (Å²) < 4.78 is 5.44. The normalized spacial score (nSPS) is 18.5. The molecule has 9 nitrogen and oxygen atoms in total. The van der Waals surface area contributed by atoms with E-state index < -0.39 is 5.60 Å². The second-order valence-electron chi connectivity index (χ2n) is 9.24. The van der Waals surface area contributed by atoms with Crippen LogP contribution in [0.25, 0.3) is 0 Å². The van der Waals surface area contributed by atoms with E-state index in [1.165, 1.54) is 6.08 Å². The van der Waals surface area contributed by atoms with Crippen LogP contribution in [0.3, 0.4) is 0 Å². The number of hydrogen-bond acceptors (Lipinski definition) is 5. The number of anilines is 1. The van der Waals surface area contributed by atoms with Gasteiger partial charge in [-0.05, 0) is 52.5 Å². The molecule has 1 aromatic rings. The van der Waals surface area contributed by atoms with Crippen molar-refractivity contribution in [3.63, 3.8) is 0 Å². The predicted molar refractivity (Wildman–Crippen MR) is 117 cm³/mol. The molecule has 3 amide bonds. The van der Waals surface area contributed by atoms with E-state index in [-0.39, 0.29) is 29.7 Å². The van der Waals surface area contributed by atoms with Crippen LogP contribution in [0.4, 0.5) is 10.6 Å². The number of hydrogen-bond donors (Lipinski definition) is 2. The molecule has 0 unspecified atom stereocenters. The Hall–Kier alpha value is -2.84. The lowest BCUT2D eigenvalue weighted by molar-refractivity contribution is -0.130. The highest BCUT2D eigenvalue weighted by Crippen LogP contribution is 2.29. The molecule has 0 radical (unpaired) electrons. The monoisotopic (exact) mass is 431 g/mol. The van der Waals surface area contributed by atoms with Crippen molar-refractivity contribution in [2.24, 2.45) is 5.92 Å². The summed E-state index contributed by atoms with van der Waals surface area (Å²) in [5, 5.41) is 10.2. The zero-order valence-corrected chi connectivity index (χ0v) is 18.6. The minimum Gasteiger partial charge on any atom is -0.444 e. The number of piperidine rings is 2. The third-order valence-corrected chi connectivity index (χ3v) is 5.79. The van der Waals surface area contributed by atoms with Crippen LogP contribution >= 0.6 is 0 Å². The van der Waals surface area contributed by atoms with Gasteiger partial charge >= 0.3 is 6.09 Å². The third kappa shape index (κ3) is 6.08. The zero-order chi connectivity index (χ0) is 22.6. The maximum absolute atomic E-state index is 12.6. The minimum absolute atomic E-state index is 0.0662. The van der Waals surface area contributed by atoms with Crippen molar-refractivity contribution in [3.8, 4) is 0 Å². The largest absolute Gasteiger partial charge is 0.444 e. The molecular formula is C22H33N5O4. The van der Waals surface area contributed by atoms with Gasteiger partial charge in [-0.25, -0.2) is 4.79 Å². The van der Waals surface area contributed by atoms with Gasteiger partial charge in [0.25, 0.3) is 0 Å². The number of carbonyl (C=O) groups is 3. The fraction of sp³-hybridized carbons (Fsp3) is 0.636. The minimum atomic E-state index is -0.498. The molecule has 0 aliphatic carbocycles. The fourth-order valence-corrected chi connectivity index (χ4v) is 4.03. The quantitative estimate of drug-likeness (QED) is 0.713. The summed E-state index contributed by atoms with van der Waals surface area (Å²) in [5.41, 5.74) is 0.466. The molecule has 0 spiro atoms.